The fourth-order valence-corrected chi connectivity index (χ4v) is 3.30. The minimum Gasteiger partial charge on any atom is -0.344 e. The molecule has 0 unspecified atom stereocenters. The zero-order valence-electron chi connectivity index (χ0n) is 16.2. The molecule has 1 atom stereocenters. The summed E-state index contributed by atoms with van der Waals surface area (Å²) in [6, 6.07) is 12.7. The van der Waals surface area contributed by atoms with Crippen LogP contribution in [0.4, 0.5) is 4.39 Å². The number of hydrogen-bond acceptors (Lipinski definition) is 3. The van der Waals surface area contributed by atoms with Gasteiger partial charge in [-0.25, -0.2) is 14.2 Å². The SMILES string of the molecule is Cc1cc(-c2cc3nc(C(=O)N[C@H](C)c4ccc(F)cc4)cn3c(=O)[nH]2)ccc1Cl. The Balaban J connectivity index is 1.63. The van der Waals surface area contributed by atoms with Gasteiger partial charge in [0.2, 0.25) is 0 Å². The predicted octanol–water partition coefficient (Wildman–Crippen LogP) is 4.28. The predicted molar refractivity (Wildman–Crippen MR) is 113 cm³/mol. The van der Waals surface area contributed by atoms with Gasteiger partial charge in [0.25, 0.3) is 5.91 Å². The maximum atomic E-state index is 13.1. The number of aryl methyl sites for hydroxylation is 1. The quantitative estimate of drug-likeness (QED) is 0.513. The highest BCUT2D eigenvalue weighted by Gasteiger charge is 2.16. The molecule has 0 aliphatic carbocycles. The van der Waals surface area contributed by atoms with E-state index in [-0.39, 0.29) is 17.6 Å². The first-order valence-electron chi connectivity index (χ1n) is 9.27. The van der Waals surface area contributed by atoms with Crippen molar-refractivity contribution in [1.82, 2.24) is 19.7 Å². The lowest BCUT2D eigenvalue weighted by Gasteiger charge is -2.13. The highest BCUT2D eigenvalue weighted by molar-refractivity contribution is 6.31. The van der Waals surface area contributed by atoms with E-state index in [1.54, 1.807) is 37.3 Å². The van der Waals surface area contributed by atoms with Gasteiger partial charge in [-0.1, -0.05) is 29.8 Å². The molecule has 2 heterocycles. The van der Waals surface area contributed by atoms with Gasteiger partial charge < -0.3 is 10.3 Å². The summed E-state index contributed by atoms with van der Waals surface area (Å²) < 4.78 is 14.4. The Hall–Kier alpha value is -3.45. The second-order valence-electron chi connectivity index (χ2n) is 7.05. The van der Waals surface area contributed by atoms with Crippen LogP contribution in [0, 0.1) is 12.7 Å². The Morgan fingerprint density at radius 2 is 1.93 bits per heavy atom. The third-order valence-electron chi connectivity index (χ3n) is 4.89. The van der Waals surface area contributed by atoms with Crippen LogP contribution >= 0.6 is 11.6 Å². The molecule has 0 radical (unpaired) electrons. The van der Waals surface area contributed by atoms with Crippen LogP contribution in [0.25, 0.3) is 16.9 Å². The van der Waals surface area contributed by atoms with Crippen LogP contribution in [-0.4, -0.2) is 20.3 Å². The van der Waals surface area contributed by atoms with Crippen LogP contribution < -0.4 is 11.0 Å². The van der Waals surface area contributed by atoms with E-state index >= 15 is 0 Å². The van der Waals surface area contributed by atoms with Gasteiger partial charge in [-0.2, -0.15) is 0 Å². The van der Waals surface area contributed by atoms with Crippen molar-refractivity contribution in [3.8, 4) is 11.3 Å². The first-order chi connectivity index (χ1) is 14.3. The van der Waals surface area contributed by atoms with E-state index in [1.807, 2.05) is 13.0 Å². The lowest BCUT2D eigenvalue weighted by atomic mass is 10.1. The molecule has 0 aliphatic rings. The average Bonchev–Trinajstić information content (AvgIpc) is 3.15. The van der Waals surface area contributed by atoms with Gasteiger partial charge in [-0.3, -0.25) is 9.20 Å². The Labute approximate surface area is 176 Å². The number of carbonyl (C=O) groups is 1. The van der Waals surface area contributed by atoms with Crippen LogP contribution in [-0.2, 0) is 0 Å². The topological polar surface area (TPSA) is 79.3 Å². The molecule has 0 fully saturated rings. The monoisotopic (exact) mass is 424 g/mol. The number of hydrogen-bond donors (Lipinski definition) is 2. The molecule has 6 nitrogen and oxygen atoms in total. The standard InChI is InChI=1S/C22H18ClFN4O2/c1-12-9-15(5-8-17(12)23)18-10-20-26-19(11-28(20)22(30)27-18)21(29)25-13(2)14-3-6-16(24)7-4-14/h3-11,13H,1-2H3,(H,25,29)(H,27,30)/t13-/m1/s1. The number of imidazole rings is 1. The molecule has 1 amide bonds. The van der Waals surface area contributed by atoms with Crippen molar-refractivity contribution in [3.63, 3.8) is 0 Å². The average molecular weight is 425 g/mol. The number of halogens is 2. The number of carbonyl (C=O) groups excluding carboxylic acids is 1. The number of rotatable bonds is 4. The van der Waals surface area contributed by atoms with Gasteiger partial charge in [0.05, 0.1) is 11.7 Å². The molecule has 30 heavy (non-hydrogen) atoms. The van der Waals surface area contributed by atoms with Gasteiger partial charge >= 0.3 is 5.69 Å². The summed E-state index contributed by atoms with van der Waals surface area (Å²) >= 11 is 6.07. The summed E-state index contributed by atoms with van der Waals surface area (Å²) in [5, 5.41) is 3.44. The summed E-state index contributed by atoms with van der Waals surface area (Å²) in [7, 11) is 0. The van der Waals surface area contributed by atoms with E-state index < -0.39 is 11.6 Å². The van der Waals surface area contributed by atoms with E-state index in [9.17, 15) is 14.0 Å². The molecule has 0 aliphatic heterocycles. The number of nitrogens with one attached hydrogen (secondary N) is 2. The fraction of sp³-hybridized carbons (Fsp3) is 0.136. The van der Waals surface area contributed by atoms with Crippen LogP contribution in [0.1, 0.15) is 34.6 Å². The van der Waals surface area contributed by atoms with Crippen LogP contribution in [0.15, 0.2) is 59.5 Å². The Kier molecular flexibility index (Phi) is 5.13. The van der Waals surface area contributed by atoms with Crippen molar-refractivity contribution in [1.29, 1.82) is 0 Å². The van der Waals surface area contributed by atoms with E-state index in [0.29, 0.717) is 16.4 Å². The Bertz CT molecular complexity index is 1310. The lowest BCUT2D eigenvalue weighted by molar-refractivity contribution is 0.0935. The maximum absolute atomic E-state index is 13.1. The number of aromatic nitrogens is 3. The van der Waals surface area contributed by atoms with Gasteiger partial charge in [-0.15, -0.1) is 0 Å². The highest BCUT2D eigenvalue weighted by atomic mass is 35.5. The normalized spacial score (nSPS) is 12.1. The Morgan fingerprint density at radius 1 is 1.20 bits per heavy atom. The molecule has 2 aromatic heterocycles. The molecule has 8 heteroatoms. The zero-order chi connectivity index (χ0) is 21.4. The van der Waals surface area contributed by atoms with Gasteiger partial charge in [0.1, 0.15) is 17.2 Å². The number of amides is 1. The van der Waals surface area contributed by atoms with Crippen molar-refractivity contribution in [2.75, 3.05) is 0 Å². The van der Waals surface area contributed by atoms with E-state index in [0.717, 1.165) is 16.7 Å². The molecule has 4 aromatic rings. The largest absolute Gasteiger partial charge is 0.344 e. The van der Waals surface area contributed by atoms with Crippen molar-refractivity contribution < 1.29 is 9.18 Å². The van der Waals surface area contributed by atoms with Crippen molar-refractivity contribution in [3.05, 3.63) is 92.9 Å². The lowest BCUT2D eigenvalue weighted by Crippen LogP contribution is -2.27. The first kappa shape index (κ1) is 19.8. The number of nitrogens with zero attached hydrogens (tertiary/aromatic N) is 2. The summed E-state index contributed by atoms with van der Waals surface area (Å²) in [6.07, 6.45) is 1.39. The number of aromatic amines is 1. The van der Waals surface area contributed by atoms with Crippen molar-refractivity contribution >= 4 is 23.2 Å². The van der Waals surface area contributed by atoms with Gasteiger partial charge in [0, 0.05) is 17.3 Å². The highest BCUT2D eigenvalue weighted by Crippen LogP contribution is 2.23. The molecule has 2 aromatic carbocycles. The van der Waals surface area contributed by atoms with Gasteiger partial charge in [-0.05, 0) is 54.8 Å². The molecule has 0 saturated carbocycles. The third kappa shape index (κ3) is 3.84. The number of H-pyrrole nitrogens is 1. The second-order valence-corrected chi connectivity index (χ2v) is 7.46. The summed E-state index contributed by atoms with van der Waals surface area (Å²) in [4.78, 5) is 32.2. The van der Waals surface area contributed by atoms with E-state index in [4.69, 9.17) is 11.6 Å². The minimum atomic E-state index is -0.432. The van der Waals surface area contributed by atoms with Crippen LogP contribution in [0.3, 0.4) is 0 Å². The fourth-order valence-electron chi connectivity index (χ4n) is 3.18. The summed E-state index contributed by atoms with van der Waals surface area (Å²) in [5.74, 6) is -0.776. The Morgan fingerprint density at radius 3 is 2.63 bits per heavy atom. The molecular weight excluding hydrogens is 407 g/mol. The molecule has 0 bridgehead atoms. The summed E-state index contributed by atoms with van der Waals surface area (Å²) in [5.41, 5.74) is 3.05. The van der Waals surface area contributed by atoms with Gasteiger partial charge in [0.15, 0.2) is 0 Å². The zero-order valence-corrected chi connectivity index (χ0v) is 17.0. The summed E-state index contributed by atoms with van der Waals surface area (Å²) in [6.45, 7) is 3.66. The van der Waals surface area contributed by atoms with Crippen molar-refractivity contribution in [2.24, 2.45) is 0 Å². The number of benzene rings is 2. The van der Waals surface area contributed by atoms with Crippen LogP contribution in [0.2, 0.25) is 5.02 Å². The molecule has 2 N–H and O–H groups in total. The molecule has 0 spiro atoms. The van der Waals surface area contributed by atoms with Crippen LogP contribution in [0.5, 0.6) is 0 Å². The molecule has 152 valence electrons. The number of fused-ring (bicyclic) bond motifs is 1. The van der Waals surface area contributed by atoms with Crippen molar-refractivity contribution in [2.45, 2.75) is 19.9 Å². The van der Waals surface area contributed by atoms with E-state index in [2.05, 4.69) is 15.3 Å². The minimum absolute atomic E-state index is 0.110. The molecular formula is C22H18ClFN4O2. The maximum Gasteiger partial charge on any atom is 0.331 e. The molecule has 4 rings (SSSR count). The first-order valence-corrected chi connectivity index (χ1v) is 9.65. The molecule has 0 saturated heterocycles. The third-order valence-corrected chi connectivity index (χ3v) is 5.31. The van der Waals surface area contributed by atoms with E-state index in [1.165, 1.54) is 22.7 Å². The second kappa shape index (κ2) is 7.76. The smallest absolute Gasteiger partial charge is 0.331 e.